The molecule has 0 aliphatic carbocycles. The van der Waals surface area contributed by atoms with E-state index in [0.717, 1.165) is 11.4 Å². The second-order valence-electron chi connectivity index (χ2n) is 4.22. The second-order valence-corrected chi connectivity index (χ2v) is 5.70. The maximum absolute atomic E-state index is 5.88. The summed E-state index contributed by atoms with van der Waals surface area (Å²) < 4.78 is 0. The molecule has 0 saturated carbocycles. The Bertz CT molecular complexity index is 573. The topological polar surface area (TPSA) is 53.9 Å². The monoisotopic (exact) mass is 309 g/mol. The van der Waals surface area contributed by atoms with E-state index in [1.165, 1.54) is 11.8 Å². The molecule has 1 heterocycles. The number of aromatic nitrogens is 3. The Morgan fingerprint density at radius 3 is 2.45 bits per heavy atom. The summed E-state index contributed by atoms with van der Waals surface area (Å²) in [5.41, 5.74) is 0. The van der Waals surface area contributed by atoms with Crippen LogP contribution in [0.2, 0.25) is 5.02 Å². The zero-order chi connectivity index (χ0) is 14.5. The van der Waals surface area contributed by atoms with Crippen LogP contribution in [0.3, 0.4) is 0 Å². The van der Waals surface area contributed by atoms with Gasteiger partial charge in [0.05, 0.1) is 0 Å². The van der Waals surface area contributed by atoms with E-state index in [0.29, 0.717) is 22.1 Å². The number of hydrogen-bond acceptors (Lipinski definition) is 6. The van der Waals surface area contributed by atoms with Crippen molar-refractivity contribution in [1.29, 1.82) is 0 Å². The van der Waals surface area contributed by atoms with Crippen LogP contribution in [0.25, 0.3) is 0 Å². The summed E-state index contributed by atoms with van der Waals surface area (Å²) in [6.45, 7) is 2.77. The lowest BCUT2D eigenvalue weighted by Gasteiger charge is -2.12. The van der Waals surface area contributed by atoms with E-state index >= 15 is 0 Å². The molecule has 0 aliphatic rings. The number of nitrogens with one attached hydrogen (secondary N) is 1. The van der Waals surface area contributed by atoms with Crippen molar-refractivity contribution in [3.63, 3.8) is 0 Å². The third kappa shape index (κ3) is 3.98. The van der Waals surface area contributed by atoms with Crippen LogP contribution < -0.4 is 10.2 Å². The molecule has 20 heavy (non-hydrogen) atoms. The molecule has 106 valence electrons. The van der Waals surface area contributed by atoms with Gasteiger partial charge in [-0.05, 0) is 43.0 Å². The first-order chi connectivity index (χ1) is 9.58. The first kappa shape index (κ1) is 14.9. The Kier molecular flexibility index (Phi) is 5.03. The first-order valence-corrected chi connectivity index (χ1v) is 7.38. The van der Waals surface area contributed by atoms with Gasteiger partial charge in [0, 0.05) is 30.6 Å². The molecule has 0 unspecified atom stereocenters. The predicted molar refractivity (Wildman–Crippen MR) is 83.9 cm³/mol. The molecule has 0 aliphatic heterocycles. The molecule has 0 atom stereocenters. The van der Waals surface area contributed by atoms with Gasteiger partial charge in [-0.1, -0.05) is 11.6 Å². The lowest BCUT2D eigenvalue weighted by Crippen LogP contribution is -2.15. The van der Waals surface area contributed by atoms with Crippen molar-refractivity contribution < 1.29 is 0 Å². The lowest BCUT2D eigenvalue weighted by molar-refractivity contribution is 0.864. The van der Waals surface area contributed by atoms with Gasteiger partial charge in [-0.3, -0.25) is 0 Å². The molecule has 0 saturated heterocycles. The van der Waals surface area contributed by atoms with Crippen LogP contribution in [0.15, 0.2) is 34.3 Å². The van der Waals surface area contributed by atoms with E-state index in [4.69, 9.17) is 11.6 Å². The number of hydrogen-bond donors (Lipinski definition) is 1. The number of nitrogens with zero attached hydrogens (tertiary/aromatic N) is 4. The van der Waals surface area contributed by atoms with Gasteiger partial charge in [0.15, 0.2) is 5.16 Å². The van der Waals surface area contributed by atoms with E-state index in [1.807, 2.05) is 50.2 Å². The van der Waals surface area contributed by atoms with Crippen LogP contribution >= 0.6 is 23.4 Å². The van der Waals surface area contributed by atoms with Crippen molar-refractivity contribution >= 4 is 35.3 Å². The molecule has 7 heteroatoms. The summed E-state index contributed by atoms with van der Waals surface area (Å²) in [6.07, 6.45) is 0. The molecule has 5 nitrogen and oxygen atoms in total. The highest BCUT2D eigenvalue weighted by Crippen LogP contribution is 2.27. The molecule has 1 aromatic carbocycles. The molecule has 0 radical (unpaired) electrons. The van der Waals surface area contributed by atoms with Crippen molar-refractivity contribution in [3.8, 4) is 0 Å². The van der Waals surface area contributed by atoms with Crippen LogP contribution in [-0.4, -0.2) is 35.6 Å². The lowest BCUT2D eigenvalue weighted by atomic mass is 10.4. The highest BCUT2D eigenvalue weighted by atomic mass is 35.5. The summed E-state index contributed by atoms with van der Waals surface area (Å²) in [4.78, 5) is 16.0. The molecule has 2 rings (SSSR count). The quantitative estimate of drug-likeness (QED) is 0.915. The smallest absolute Gasteiger partial charge is 0.230 e. The minimum absolute atomic E-state index is 0.586. The molecule has 0 bridgehead atoms. The number of rotatable bonds is 5. The molecular formula is C13H16ClN5S. The Hall–Kier alpha value is -1.53. The highest BCUT2D eigenvalue weighted by molar-refractivity contribution is 7.99. The molecule has 1 aromatic heterocycles. The minimum atomic E-state index is 0.586. The number of benzene rings is 1. The summed E-state index contributed by atoms with van der Waals surface area (Å²) >= 11 is 7.36. The van der Waals surface area contributed by atoms with Gasteiger partial charge in [0.2, 0.25) is 11.9 Å². The maximum atomic E-state index is 5.88. The fraction of sp³-hybridized carbons (Fsp3) is 0.308. The Balaban J connectivity index is 2.27. The highest BCUT2D eigenvalue weighted by Gasteiger charge is 2.09. The molecule has 1 N–H and O–H groups in total. The minimum Gasteiger partial charge on any atom is -0.354 e. The maximum Gasteiger partial charge on any atom is 0.230 e. The van der Waals surface area contributed by atoms with Crippen LogP contribution in [0.4, 0.5) is 11.9 Å². The zero-order valence-corrected chi connectivity index (χ0v) is 13.2. The molecule has 0 fully saturated rings. The van der Waals surface area contributed by atoms with E-state index in [2.05, 4.69) is 20.3 Å². The Labute approximate surface area is 127 Å². The van der Waals surface area contributed by atoms with E-state index in [1.54, 1.807) is 0 Å². The summed E-state index contributed by atoms with van der Waals surface area (Å²) in [5, 5.41) is 4.48. The standard InChI is InChI=1S/C13H16ClN5S/c1-4-15-11-16-12(19(2)3)18-13(17-11)20-10-7-5-9(14)6-8-10/h5-8H,4H2,1-3H3,(H,15,16,17,18). The van der Waals surface area contributed by atoms with Gasteiger partial charge in [-0.15, -0.1) is 0 Å². The molecular weight excluding hydrogens is 294 g/mol. The average Bonchev–Trinajstić information content (AvgIpc) is 2.41. The summed E-state index contributed by atoms with van der Waals surface area (Å²) in [7, 11) is 3.81. The van der Waals surface area contributed by atoms with Crippen molar-refractivity contribution in [2.45, 2.75) is 17.0 Å². The van der Waals surface area contributed by atoms with Gasteiger partial charge in [0.25, 0.3) is 0 Å². The fourth-order valence-corrected chi connectivity index (χ4v) is 2.31. The van der Waals surface area contributed by atoms with Crippen LogP contribution in [-0.2, 0) is 0 Å². The zero-order valence-electron chi connectivity index (χ0n) is 11.6. The number of anilines is 2. The van der Waals surface area contributed by atoms with Crippen LogP contribution in [0.1, 0.15) is 6.92 Å². The van der Waals surface area contributed by atoms with Gasteiger partial charge in [0.1, 0.15) is 0 Å². The fourth-order valence-electron chi connectivity index (χ4n) is 1.44. The molecule has 0 amide bonds. The van der Waals surface area contributed by atoms with Gasteiger partial charge in [-0.25, -0.2) is 0 Å². The Morgan fingerprint density at radius 2 is 1.85 bits per heavy atom. The van der Waals surface area contributed by atoms with Crippen molar-refractivity contribution in [1.82, 2.24) is 15.0 Å². The summed E-state index contributed by atoms with van der Waals surface area (Å²) in [5.74, 6) is 1.22. The summed E-state index contributed by atoms with van der Waals surface area (Å²) in [6, 6.07) is 7.59. The third-order valence-corrected chi connectivity index (χ3v) is 3.49. The SMILES string of the molecule is CCNc1nc(Sc2ccc(Cl)cc2)nc(N(C)C)n1. The van der Waals surface area contributed by atoms with Gasteiger partial charge in [-0.2, -0.15) is 15.0 Å². The average molecular weight is 310 g/mol. The van der Waals surface area contributed by atoms with E-state index < -0.39 is 0 Å². The largest absolute Gasteiger partial charge is 0.354 e. The van der Waals surface area contributed by atoms with E-state index in [-0.39, 0.29) is 0 Å². The van der Waals surface area contributed by atoms with Crippen molar-refractivity contribution in [2.75, 3.05) is 30.9 Å². The third-order valence-electron chi connectivity index (χ3n) is 2.36. The van der Waals surface area contributed by atoms with Crippen LogP contribution in [0.5, 0.6) is 0 Å². The van der Waals surface area contributed by atoms with Crippen molar-refractivity contribution in [3.05, 3.63) is 29.3 Å². The number of halogens is 1. The Morgan fingerprint density at radius 1 is 1.15 bits per heavy atom. The van der Waals surface area contributed by atoms with Gasteiger partial charge >= 0.3 is 0 Å². The normalized spacial score (nSPS) is 10.4. The predicted octanol–water partition coefficient (Wildman–Crippen LogP) is 3.17. The van der Waals surface area contributed by atoms with Gasteiger partial charge < -0.3 is 10.2 Å². The van der Waals surface area contributed by atoms with Crippen molar-refractivity contribution in [2.24, 2.45) is 0 Å². The first-order valence-electron chi connectivity index (χ1n) is 6.19. The second kappa shape index (κ2) is 6.76. The molecule has 0 spiro atoms. The molecule has 2 aromatic rings. The van der Waals surface area contributed by atoms with Crippen LogP contribution in [0, 0.1) is 0 Å². The van der Waals surface area contributed by atoms with E-state index in [9.17, 15) is 0 Å².